The number of aryl methyl sites for hydroxylation is 1. The van der Waals surface area contributed by atoms with Crippen LogP contribution in [-0.4, -0.2) is 17.4 Å². The molecule has 1 heterocycles. The molecule has 1 unspecified atom stereocenters. The van der Waals surface area contributed by atoms with Gasteiger partial charge in [-0.25, -0.2) is 0 Å². The SMILES string of the molecule is Cc1ccccc1C(CCC(=O)O)Oc1ccc(CC=O)c(OCc2ccsc2)c1. The Hall–Kier alpha value is -3.12. The van der Waals surface area contributed by atoms with Crippen LogP contribution in [0.3, 0.4) is 0 Å². The number of thiophene rings is 1. The van der Waals surface area contributed by atoms with Gasteiger partial charge in [0.15, 0.2) is 0 Å². The molecule has 1 atom stereocenters. The number of hydrogen-bond donors (Lipinski definition) is 1. The van der Waals surface area contributed by atoms with Crippen molar-refractivity contribution in [2.45, 2.75) is 38.9 Å². The number of ether oxygens (including phenoxy) is 2. The maximum atomic E-state index is 11.1. The van der Waals surface area contributed by atoms with Gasteiger partial charge in [-0.15, -0.1) is 0 Å². The van der Waals surface area contributed by atoms with Crippen molar-refractivity contribution in [3.63, 3.8) is 0 Å². The molecule has 0 saturated heterocycles. The summed E-state index contributed by atoms with van der Waals surface area (Å²) in [6.07, 6.45) is 1.05. The molecule has 6 heteroatoms. The lowest BCUT2D eigenvalue weighted by atomic mass is 9.99. The molecule has 0 spiro atoms. The van der Waals surface area contributed by atoms with E-state index in [0.29, 0.717) is 24.5 Å². The van der Waals surface area contributed by atoms with Crippen LogP contribution < -0.4 is 9.47 Å². The molecular weight excluding hydrogens is 400 g/mol. The lowest BCUT2D eigenvalue weighted by Gasteiger charge is -2.22. The Labute approximate surface area is 179 Å². The Balaban J connectivity index is 1.84. The summed E-state index contributed by atoms with van der Waals surface area (Å²) in [7, 11) is 0. The average Bonchev–Trinajstić information content (AvgIpc) is 3.25. The van der Waals surface area contributed by atoms with Crippen LogP contribution in [0.4, 0.5) is 0 Å². The van der Waals surface area contributed by atoms with Gasteiger partial charge < -0.3 is 19.4 Å². The summed E-state index contributed by atoms with van der Waals surface area (Å²) in [5.41, 5.74) is 3.84. The Morgan fingerprint density at radius 3 is 2.73 bits per heavy atom. The number of aldehydes is 1. The van der Waals surface area contributed by atoms with Gasteiger partial charge in [0.1, 0.15) is 30.5 Å². The lowest BCUT2D eigenvalue weighted by Crippen LogP contribution is -2.12. The van der Waals surface area contributed by atoms with Crippen LogP contribution in [0.1, 0.15) is 41.2 Å². The summed E-state index contributed by atoms with van der Waals surface area (Å²) in [4.78, 5) is 22.2. The van der Waals surface area contributed by atoms with Gasteiger partial charge in [0, 0.05) is 24.5 Å². The van der Waals surface area contributed by atoms with Gasteiger partial charge in [0.25, 0.3) is 0 Å². The van der Waals surface area contributed by atoms with Gasteiger partial charge in [-0.2, -0.15) is 11.3 Å². The maximum Gasteiger partial charge on any atom is 0.303 e. The van der Waals surface area contributed by atoms with E-state index in [-0.39, 0.29) is 12.8 Å². The zero-order valence-electron chi connectivity index (χ0n) is 16.7. The van der Waals surface area contributed by atoms with Crippen molar-refractivity contribution in [2.24, 2.45) is 0 Å². The van der Waals surface area contributed by atoms with Crippen LogP contribution in [-0.2, 0) is 22.6 Å². The van der Waals surface area contributed by atoms with Gasteiger partial charge in [0.05, 0.1) is 0 Å². The molecule has 2 aromatic carbocycles. The lowest BCUT2D eigenvalue weighted by molar-refractivity contribution is -0.137. The summed E-state index contributed by atoms with van der Waals surface area (Å²) in [6.45, 7) is 2.38. The van der Waals surface area contributed by atoms with E-state index < -0.39 is 12.1 Å². The molecule has 0 aliphatic carbocycles. The van der Waals surface area contributed by atoms with Gasteiger partial charge in [-0.3, -0.25) is 4.79 Å². The molecule has 5 nitrogen and oxygen atoms in total. The average molecular weight is 425 g/mol. The van der Waals surface area contributed by atoms with Crippen LogP contribution in [0, 0.1) is 6.92 Å². The molecule has 0 aliphatic rings. The largest absolute Gasteiger partial charge is 0.488 e. The van der Waals surface area contributed by atoms with Crippen LogP contribution in [0.5, 0.6) is 11.5 Å². The smallest absolute Gasteiger partial charge is 0.303 e. The highest BCUT2D eigenvalue weighted by Gasteiger charge is 2.18. The number of benzene rings is 2. The third-order valence-electron chi connectivity index (χ3n) is 4.75. The van der Waals surface area contributed by atoms with Gasteiger partial charge in [-0.05, 0) is 52.9 Å². The molecule has 0 fully saturated rings. The highest BCUT2D eigenvalue weighted by molar-refractivity contribution is 7.07. The standard InChI is InChI=1S/C24H24O5S/c1-17-4-2-3-5-21(17)22(8-9-24(26)27)29-20-7-6-19(10-12-25)23(14-20)28-15-18-11-13-30-16-18/h2-7,11-14,16,22H,8-10,15H2,1H3,(H,26,27). The van der Waals surface area contributed by atoms with E-state index in [9.17, 15) is 9.59 Å². The zero-order chi connectivity index (χ0) is 21.3. The summed E-state index contributed by atoms with van der Waals surface area (Å²) in [6, 6.07) is 15.2. The molecule has 1 aromatic heterocycles. The topological polar surface area (TPSA) is 72.8 Å². The van der Waals surface area contributed by atoms with Crippen molar-refractivity contribution < 1.29 is 24.2 Å². The normalized spacial score (nSPS) is 11.6. The molecule has 30 heavy (non-hydrogen) atoms. The number of rotatable bonds is 11. The molecule has 0 saturated carbocycles. The first-order chi connectivity index (χ1) is 14.6. The predicted molar refractivity (Wildman–Crippen MR) is 116 cm³/mol. The first-order valence-corrected chi connectivity index (χ1v) is 10.7. The molecule has 0 amide bonds. The minimum absolute atomic E-state index is 0.00371. The van der Waals surface area contributed by atoms with E-state index in [4.69, 9.17) is 14.6 Å². The first-order valence-electron chi connectivity index (χ1n) is 9.71. The van der Waals surface area contributed by atoms with E-state index in [1.165, 1.54) is 0 Å². The monoisotopic (exact) mass is 424 g/mol. The summed E-state index contributed by atoms with van der Waals surface area (Å²) in [5, 5.41) is 13.1. The van der Waals surface area contributed by atoms with E-state index >= 15 is 0 Å². The van der Waals surface area contributed by atoms with Crippen LogP contribution >= 0.6 is 11.3 Å². The number of carboxylic acid groups (broad SMARTS) is 1. The second-order valence-electron chi connectivity index (χ2n) is 6.96. The van der Waals surface area contributed by atoms with Crippen molar-refractivity contribution in [1.29, 1.82) is 0 Å². The fourth-order valence-electron chi connectivity index (χ4n) is 3.18. The number of carbonyl (C=O) groups is 2. The molecule has 1 N–H and O–H groups in total. The van der Waals surface area contributed by atoms with Gasteiger partial charge in [0.2, 0.25) is 0 Å². The highest BCUT2D eigenvalue weighted by Crippen LogP contribution is 2.32. The second-order valence-corrected chi connectivity index (χ2v) is 7.74. The van der Waals surface area contributed by atoms with Gasteiger partial charge >= 0.3 is 5.97 Å². The predicted octanol–water partition coefficient (Wildman–Crippen LogP) is 5.36. The van der Waals surface area contributed by atoms with E-state index in [1.807, 2.05) is 54.1 Å². The molecule has 3 rings (SSSR count). The molecule has 3 aromatic rings. The van der Waals surface area contributed by atoms with Crippen molar-refractivity contribution >= 4 is 23.6 Å². The number of hydrogen-bond acceptors (Lipinski definition) is 5. The van der Waals surface area contributed by atoms with Crippen molar-refractivity contribution in [2.75, 3.05) is 0 Å². The molecule has 0 radical (unpaired) electrons. The van der Waals surface area contributed by atoms with Crippen molar-refractivity contribution in [3.05, 3.63) is 81.5 Å². The molecular formula is C24H24O5S. The quantitative estimate of drug-likeness (QED) is 0.419. The minimum atomic E-state index is -0.863. The van der Waals surface area contributed by atoms with Crippen molar-refractivity contribution in [3.8, 4) is 11.5 Å². The Morgan fingerprint density at radius 2 is 2.03 bits per heavy atom. The number of aliphatic carboxylic acids is 1. The third-order valence-corrected chi connectivity index (χ3v) is 5.48. The first kappa shape index (κ1) is 21.6. The Kier molecular flexibility index (Phi) is 7.63. The van der Waals surface area contributed by atoms with Crippen LogP contribution in [0.25, 0.3) is 0 Å². The highest BCUT2D eigenvalue weighted by atomic mass is 32.1. The fraction of sp³-hybridized carbons (Fsp3) is 0.250. The zero-order valence-corrected chi connectivity index (χ0v) is 17.6. The summed E-state index contributed by atoms with van der Waals surface area (Å²) < 4.78 is 12.2. The van der Waals surface area contributed by atoms with Crippen LogP contribution in [0.15, 0.2) is 59.3 Å². The minimum Gasteiger partial charge on any atom is -0.488 e. The Bertz CT molecular complexity index is 981. The third kappa shape index (κ3) is 5.94. The van der Waals surface area contributed by atoms with E-state index in [2.05, 4.69) is 0 Å². The van der Waals surface area contributed by atoms with Crippen LogP contribution in [0.2, 0.25) is 0 Å². The summed E-state index contributed by atoms with van der Waals surface area (Å²) >= 11 is 1.60. The number of carboxylic acids is 1. The fourth-order valence-corrected chi connectivity index (χ4v) is 3.83. The second kappa shape index (κ2) is 10.6. The van der Waals surface area contributed by atoms with Gasteiger partial charge in [-0.1, -0.05) is 30.3 Å². The van der Waals surface area contributed by atoms with Crippen molar-refractivity contribution in [1.82, 2.24) is 0 Å². The molecule has 156 valence electrons. The maximum absolute atomic E-state index is 11.1. The Morgan fingerprint density at radius 1 is 1.20 bits per heavy atom. The molecule has 0 aliphatic heterocycles. The summed E-state index contributed by atoms with van der Waals surface area (Å²) in [5.74, 6) is 0.300. The van der Waals surface area contributed by atoms with E-state index in [0.717, 1.165) is 28.5 Å². The number of carbonyl (C=O) groups excluding carboxylic acids is 1. The molecule has 0 bridgehead atoms. The van der Waals surface area contributed by atoms with E-state index in [1.54, 1.807) is 23.5 Å².